The van der Waals surface area contributed by atoms with Gasteiger partial charge in [0.05, 0.1) is 5.69 Å². The molecule has 0 bridgehead atoms. The summed E-state index contributed by atoms with van der Waals surface area (Å²) in [6.07, 6.45) is 2.59. The van der Waals surface area contributed by atoms with Crippen molar-refractivity contribution in [2.45, 2.75) is 33.4 Å². The van der Waals surface area contributed by atoms with E-state index in [1.807, 2.05) is 11.6 Å². The molecule has 0 radical (unpaired) electrons. The first-order chi connectivity index (χ1) is 8.54. The average molecular weight is 286 g/mol. The zero-order valence-electron chi connectivity index (χ0n) is 10.9. The summed E-state index contributed by atoms with van der Waals surface area (Å²) >= 11 is 5.34. The standard InChI is InChI=1S/C11H18N4OS2/c1-4-15-10-9(8(2)13-15)12-11(17)14(10)6-5-7-18(3)16/h4-7H2,1-3H3,(H,12,17). The number of fused-ring (bicyclic) bond motifs is 1. The number of nitrogens with one attached hydrogen (secondary N) is 1. The lowest BCUT2D eigenvalue weighted by molar-refractivity contribution is 0.616. The van der Waals surface area contributed by atoms with Gasteiger partial charge in [-0.25, -0.2) is 4.68 Å². The van der Waals surface area contributed by atoms with Gasteiger partial charge >= 0.3 is 0 Å². The highest BCUT2D eigenvalue weighted by Gasteiger charge is 2.13. The minimum absolute atomic E-state index is 0.702. The second kappa shape index (κ2) is 5.36. The Labute approximate surface area is 114 Å². The molecule has 2 heterocycles. The average Bonchev–Trinajstić information content (AvgIpc) is 2.78. The van der Waals surface area contributed by atoms with Gasteiger partial charge in [0.25, 0.3) is 0 Å². The fraction of sp³-hybridized carbons (Fsp3) is 0.636. The van der Waals surface area contributed by atoms with E-state index in [4.69, 9.17) is 12.2 Å². The van der Waals surface area contributed by atoms with Crippen molar-refractivity contribution in [3.05, 3.63) is 10.5 Å². The smallest absolute Gasteiger partial charge is 0.179 e. The number of aromatic nitrogens is 4. The Kier molecular flexibility index (Phi) is 4.01. The normalized spacial score (nSPS) is 13.3. The number of H-pyrrole nitrogens is 1. The second-order valence-electron chi connectivity index (χ2n) is 4.31. The fourth-order valence-electron chi connectivity index (χ4n) is 2.11. The third-order valence-electron chi connectivity index (χ3n) is 2.95. The maximum Gasteiger partial charge on any atom is 0.179 e. The minimum atomic E-state index is -0.749. The van der Waals surface area contributed by atoms with Gasteiger partial charge in [-0.1, -0.05) is 0 Å². The molecule has 0 amide bonds. The zero-order valence-corrected chi connectivity index (χ0v) is 12.5. The molecule has 1 atom stereocenters. The van der Waals surface area contributed by atoms with Gasteiger partial charge in [-0.15, -0.1) is 0 Å². The molecular formula is C11H18N4OS2. The van der Waals surface area contributed by atoms with Crippen molar-refractivity contribution >= 4 is 34.2 Å². The lowest BCUT2D eigenvalue weighted by Crippen LogP contribution is -2.07. The van der Waals surface area contributed by atoms with Gasteiger partial charge in [0.2, 0.25) is 0 Å². The van der Waals surface area contributed by atoms with Crippen molar-refractivity contribution in [3.63, 3.8) is 0 Å². The van der Waals surface area contributed by atoms with E-state index in [0.717, 1.165) is 41.1 Å². The Morgan fingerprint density at radius 2 is 2.22 bits per heavy atom. The Bertz CT molecular complexity index is 637. The van der Waals surface area contributed by atoms with Crippen molar-refractivity contribution in [2.24, 2.45) is 0 Å². The number of imidazole rings is 1. The summed E-state index contributed by atoms with van der Waals surface area (Å²) in [4.78, 5) is 3.21. The molecule has 7 heteroatoms. The highest BCUT2D eigenvalue weighted by atomic mass is 32.2. The molecule has 5 nitrogen and oxygen atoms in total. The molecule has 0 aliphatic carbocycles. The zero-order chi connectivity index (χ0) is 13.3. The van der Waals surface area contributed by atoms with Crippen LogP contribution in [0.4, 0.5) is 0 Å². The monoisotopic (exact) mass is 286 g/mol. The molecule has 18 heavy (non-hydrogen) atoms. The highest BCUT2D eigenvalue weighted by Crippen LogP contribution is 2.18. The van der Waals surface area contributed by atoms with Gasteiger partial charge in [0.1, 0.15) is 5.52 Å². The van der Waals surface area contributed by atoms with E-state index >= 15 is 0 Å². The van der Waals surface area contributed by atoms with Crippen molar-refractivity contribution < 1.29 is 4.21 Å². The first-order valence-corrected chi connectivity index (χ1v) is 8.14. The second-order valence-corrected chi connectivity index (χ2v) is 6.25. The Hall–Kier alpha value is -0.950. The van der Waals surface area contributed by atoms with Gasteiger partial charge in [0, 0.05) is 35.9 Å². The van der Waals surface area contributed by atoms with Gasteiger partial charge in [-0.3, -0.25) is 4.21 Å². The summed E-state index contributed by atoms with van der Waals surface area (Å²) in [5.74, 6) is 0.702. The van der Waals surface area contributed by atoms with Gasteiger partial charge in [-0.05, 0) is 32.5 Å². The number of hydrogen-bond acceptors (Lipinski definition) is 3. The molecule has 1 unspecified atom stereocenters. The quantitative estimate of drug-likeness (QED) is 0.855. The number of aryl methyl sites for hydroxylation is 3. The molecular weight excluding hydrogens is 268 g/mol. The molecule has 0 aromatic carbocycles. The van der Waals surface area contributed by atoms with Crippen molar-refractivity contribution in [3.8, 4) is 0 Å². The Morgan fingerprint density at radius 3 is 2.83 bits per heavy atom. The van der Waals surface area contributed by atoms with Gasteiger partial charge < -0.3 is 9.55 Å². The predicted octanol–water partition coefficient (Wildman–Crippen LogP) is 1.99. The lowest BCUT2D eigenvalue weighted by atomic mass is 10.4. The number of nitrogens with zero attached hydrogens (tertiary/aromatic N) is 3. The van der Waals surface area contributed by atoms with Crippen LogP contribution in [0.5, 0.6) is 0 Å². The van der Waals surface area contributed by atoms with E-state index in [1.165, 1.54) is 0 Å². The molecule has 100 valence electrons. The van der Waals surface area contributed by atoms with E-state index in [1.54, 1.807) is 6.26 Å². The van der Waals surface area contributed by atoms with Crippen LogP contribution in [-0.4, -0.2) is 35.5 Å². The van der Waals surface area contributed by atoms with Crippen LogP contribution >= 0.6 is 12.2 Å². The van der Waals surface area contributed by atoms with Gasteiger partial charge in [0.15, 0.2) is 10.4 Å². The van der Waals surface area contributed by atoms with Crippen LogP contribution in [0.3, 0.4) is 0 Å². The first-order valence-electron chi connectivity index (χ1n) is 6.00. The molecule has 0 aliphatic rings. The number of aromatic amines is 1. The van der Waals surface area contributed by atoms with Crippen LogP contribution in [0.1, 0.15) is 19.0 Å². The maximum atomic E-state index is 11.1. The summed E-state index contributed by atoms with van der Waals surface area (Å²) in [7, 11) is -0.749. The largest absolute Gasteiger partial charge is 0.328 e. The van der Waals surface area contributed by atoms with Crippen LogP contribution in [-0.2, 0) is 23.9 Å². The van der Waals surface area contributed by atoms with Crippen molar-refractivity contribution in [1.29, 1.82) is 0 Å². The number of rotatable bonds is 5. The summed E-state index contributed by atoms with van der Waals surface area (Å²) in [6, 6.07) is 0. The van der Waals surface area contributed by atoms with E-state index in [0.29, 0.717) is 5.75 Å². The third kappa shape index (κ3) is 2.42. The number of hydrogen-bond donors (Lipinski definition) is 1. The topological polar surface area (TPSA) is 55.6 Å². The molecule has 2 aromatic rings. The maximum absolute atomic E-state index is 11.1. The minimum Gasteiger partial charge on any atom is -0.328 e. The van der Waals surface area contributed by atoms with Crippen LogP contribution in [0.15, 0.2) is 0 Å². The Morgan fingerprint density at radius 1 is 1.50 bits per heavy atom. The van der Waals surface area contributed by atoms with Crippen LogP contribution in [0, 0.1) is 11.7 Å². The molecule has 0 spiro atoms. The molecule has 2 rings (SSSR count). The van der Waals surface area contributed by atoms with Crippen LogP contribution < -0.4 is 0 Å². The lowest BCUT2D eigenvalue weighted by Gasteiger charge is -2.05. The third-order valence-corrected chi connectivity index (χ3v) is 4.13. The summed E-state index contributed by atoms with van der Waals surface area (Å²) in [5, 5.41) is 4.47. The molecule has 0 saturated carbocycles. The molecule has 2 aromatic heterocycles. The fourth-order valence-corrected chi connectivity index (χ4v) is 2.93. The van der Waals surface area contributed by atoms with Crippen LogP contribution in [0.25, 0.3) is 11.2 Å². The van der Waals surface area contributed by atoms with E-state index < -0.39 is 10.8 Å². The predicted molar refractivity (Wildman–Crippen MR) is 76.9 cm³/mol. The summed E-state index contributed by atoms with van der Waals surface area (Å²) in [5.41, 5.74) is 3.03. The van der Waals surface area contributed by atoms with E-state index in [-0.39, 0.29) is 0 Å². The molecule has 0 fully saturated rings. The summed E-state index contributed by atoms with van der Waals surface area (Å²) < 4.78 is 15.8. The molecule has 0 saturated heterocycles. The van der Waals surface area contributed by atoms with Crippen LogP contribution in [0.2, 0.25) is 0 Å². The summed E-state index contributed by atoms with van der Waals surface area (Å²) in [6.45, 7) is 5.64. The van der Waals surface area contributed by atoms with Crippen molar-refractivity contribution in [2.75, 3.05) is 12.0 Å². The van der Waals surface area contributed by atoms with Crippen molar-refractivity contribution in [1.82, 2.24) is 19.3 Å². The molecule has 0 aliphatic heterocycles. The molecule has 1 N–H and O–H groups in total. The highest BCUT2D eigenvalue weighted by molar-refractivity contribution is 7.84. The Balaban J connectivity index is 2.39. The first kappa shape index (κ1) is 13.5. The van der Waals surface area contributed by atoms with Gasteiger partial charge in [-0.2, -0.15) is 5.10 Å². The SMILES string of the molecule is CCn1nc(C)c2[nH]c(=S)n(CCCS(C)=O)c21. The van der Waals surface area contributed by atoms with E-state index in [9.17, 15) is 4.21 Å². The van der Waals surface area contributed by atoms with E-state index in [2.05, 4.69) is 21.6 Å².